The molecule has 0 spiro atoms. The minimum atomic E-state index is -0.210. The molecule has 0 amide bonds. The number of rotatable bonds is 3. The maximum Gasteiger partial charge on any atom is 0.309 e. The molecule has 2 nitrogen and oxygen atoms in total. The van der Waals surface area contributed by atoms with Crippen molar-refractivity contribution in [2.45, 2.75) is 27.2 Å². The monoisotopic (exact) mass is 218 g/mol. The van der Waals surface area contributed by atoms with E-state index in [1.165, 1.54) is 29.4 Å². The van der Waals surface area contributed by atoms with Gasteiger partial charge in [-0.15, -0.1) is 0 Å². The molecule has 0 radical (unpaired) electrons. The molecule has 2 heteroatoms. The lowest BCUT2D eigenvalue weighted by atomic mass is 9.99. The van der Waals surface area contributed by atoms with Gasteiger partial charge < -0.3 is 4.74 Å². The third kappa shape index (κ3) is 3.23. The Labute approximate surface area is 96.9 Å². The molecule has 0 aliphatic heterocycles. The van der Waals surface area contributed by atoms with Crippen LogP contribution in [0.5, 0.6) is 0 Å². The lowest BCUT2D eigenvalue weighted by Crippen LogP contribution is -1.97. The number of methoxy groups -OCH3 is 1. The SMILES string of the molecule is COC(=O)CC=Cc1c(C)cc(C)cc1C. The van der Waals surface area contributed by atoms with Gasteiger partial charge in [0.1, 0.15) is 0 Å². The highest BCUT2D eigenvalue weighted by molar-refractivity contribution is 5.73. The maximum atomic E-state index is 11.0. The quantitative estimate of drug-likeness (QED) is 0.728. The third-order valence-electron chi connectivity index (χ3n) is 2.53. The van der Waals surface area contributed by atoms with E-state index in [1.807, 2.05) is 12.2 Å². The summed E-state index contributed by atoms with van der Waals surface area (Å²) in [6.45, 7) is 6.25. The van der Waals surface area contributed by atoms with E-state index in [-0.39, 0.29) is 5.97 Å². The number of hydrogen-bond donors (Lipinski definition) is 0. The van der Waals surface area contributed by atoms with E-state index in [0.29, 0.717) is 6.42 Å². The molecule has 1 aromatic rings. The van der Waals surface area contributed by atoms with Crippen LogP contribution in [-0.2, 0) is 9.53 Å². The summed E-state index contributed by atoms with van der Waals surface area (Å²) in [5, 5.41) is 0. The first-order valence-electron chi connectivity index (χ1n) is 5.36. The van der Waals surface area contributed by atoms with E-state index in [1.54, 1.807) is 0 Å². The minimum absolute atomic E-state index is 0.210. The summed E-state index contributed by atoms with van der Waals surface area (Å²) >= 11 is 0. The Morgan fingerprint density at radius 1 is 1.25 bits per heavy atom. The molecule has 0 saturated heterocycles. The molecule has 1 aromatic carbocycles. The molecule has 0 atom stereocenters. The van der Waals surface area contributed by atoms with E-state index in [4.69, 9.17) is 0 Å². The van der Waals surface area contributed by atoms with Gasteiger partial charge in [-0.25, -0.2) is 0 Å². The maximum absolute atomic E-state index is 11.0. The molecule has 0 saturated carbocycles. The molecule has 86 valence electrons. The Morgan fingerprint density at radius 2 is 1.81 bits per heavy atom. The van der Waals surface area contributed by atoms with Crippen molar-refractivity contribution in [2.75, 3.05) is 7.11 Å². The lowest BCUT2D eigenvalue weighted by Gasteiger charge is -2.06. The largest absolute Gasteiger partial charge is 0.469 e. The van der Waals surface area contributed by atoms with Crippen LogP contribution in [-0.4, -0.2) is 13.1 Å². The van der Waals surface area contributed by atoms with Crippen LogP contribution < -0.4 is 0 Å². The smallest absolute Gasteiger partial charge is 0.309 e. The normalized spacial score (nSPS) is 10.8. The average Bonchev–Trinajstić information content (AvgIpc) is 2.21. The second-order valence-corrected chi connectivity index (χ2v) is 4.00. The first-order valence-corrected chi connectivity index (χ1v) is 5.36. The Kier molecular flexibility index (Phi) is 4.29. The molecule has 0 aliphatic rings. The minimum Gasteiger partial charge on any atom is -0.469 e. The van der Waals surface area contributed by atoms with Crippen LogP contribution in [0.1, 0.15) is 28.7 Å². The Bertz CT molecular complexity index is 394. The third-order valence-corrected chi connectivity index (χ3v) is 2.53. The van der Waals surface area contributed by atoms with Gasteiger partial charge in [0.15, 0.2) is 0 Å². The molecule has 0 fully saturated rings. The van der Waals surface area contributed by atoms with Gasteiger partial charge in [-0.05, 0) is 37.5 Å². The predicted octanol–water partition coefficient (Wildman–Crippen LogP) is 3.19. The van der Waals surface area contributed by atoms with Crippen molar-refractivity contribution in [2.24, 2.45) is 0 Å². The summed E-state index contributed by atoms with van der Waals surface area (Å²) in [6, 6.07) is 4.29. The highest BCUT2D eigenvalue weighted by Gasteiger charge is 2.00. The number of carbonyl (C=O) groups is 1. The van der Waals surface area contributed by atoms with E-state index >= 15 is 0 Å². The van der Waals surface area contributed by atoms with Crippen molar-refractivity contribution in [1.29, 1.82) is 0 Å². The molecule has 0 aromatic heterocycles. The zero-order valence-corrected chi connectivity index (χ0v) is 10.3. The van der Waals surface area contributed by atoms with E-state index < -0.39 is 0 Å². The number of benzene rings is 1. The van der Waals surface area contributed by atoms with Crippen LogP contribution >= 0.6 is 0 Å². The topological polar surface area (TPSA) is 26.3 Å². The van der Waals surface area contributed by atoms with Crippen LogP contribution in [0, 0.1) is 20.8 Å². The molecule has 1 rings (SSSR count). The summed E-state index contributed by atoms with van der Waals surface area (Å²) < 4.78 is 4.58. The number of hydrogen-bond acceptors (Lipinski definition) is 2. The van der Waals surface area contributed by atoms with Gasteiger partial charge in [-0.1, -0.05) is 29.8 Å². The van der Waals surface area contributed by atoms with E-state index in [9.17, 15) is 4.79 Å². The summed E-state index contributed by atoms with van der Waals surface area (Å²) in [4.78, 5) is 11.0. The zero-order valence-electron chi connectivity index (χ0n) is 10.3. The molecular weight excluding hydrogens is 200 g/mol. The van der Waals surface area contributed by atoms with E-state index in [0.717, 1.165) is 0 Å². The van der Waals surface area contributed by atoms with Gasteiger partial charge in [0, 0.05) is 0 Å². The summed E-state index contributed by atoms with van der Waals surface area (Å²) in [6.07, 6.45) is 4.15. The van der Waals surface area contributed by atoms with Gasteiger partial charge in [-0.2, -0.15) is 0 Å². The predicted molar refractivity (Wildman–Crippen MR) is 66.3 cm³/mol. The van der Waals surface area contributed by atoms with Crippen LogP contribution in [0.4, 0.5) is 0 Å². The van der Waals surface area contributed by atoms with Crippen molar-refractivity contribution in [3.63, 3.8) is 0 Å². The van der Waals surface area contributed by atoms with Gasteiger partial charge in [0.05, 0.1) is 13.5 Å². The fraction of sp³-hybridized carbons (Fsp3) is 0.357. The number of carbonyl (C=O) groups excluding carboxylic acids is 1. The highest BCUT2D eigenvalue weighted by Crippen LogP contribution is 2.17. The van der Waals surface area contributed by atoms with Crippen LogP contribution in [0.25, 0.3) is 6.08 Å². The Balaban J connectivity index is 2.85. The number of esters is 1. The molecule has 0 N–H and O–H groups in total. The lowest BCUT2D eigenvalue weighted by molar-refractivity contribution is -0.139. The fourth-order valence-corrected chi connectivity index (χ4v) is 1.81. The molecule has 0 bridgehead atoms. The summed E-state index contributed by atoms with van der Waals surface area (Å²) in [5.74, 6) is -0.210. The van der Waals surface area contributed by atoms with Crippen molar-refractivity contribution in [3.05, 3.63) is 40.5 Å². The second kappa shape index (κ2) is 5.50. The van der Waals surface area contributed by atoms with Gasteiger partial charge in [0.2, 0.25) is 0 Å². The molecule has 0 heterocycles. The molecule has 0 aliphatic carbocycles. The number of ether oxygens (including phenoxy) is 1. The van der Waals surface area contributed by atoms with Crippen molar-refractivity contribution in [1.82, 2.24) is 0 Å². The highest BCUT2D eigenvalue weighted by atomic mass is 16.5. The molecular formula is C14H18O2. The second-order valence-electron chi connectivity index (χ2n) is 4.00. The standard InChI is InChI=1S/C14H18O2/c1-10-8-11(2)13(12(3)9-10)6-5-7-14(15)16-4/h5-6,8-9H,7H2,1-4H3. The van der Waals surface area contributed by atoms with Crippen LogP contribution in [0.15, 0.2) is 18.2 Å². The molecule has 0 unspecified atom stereocenters. The average molecular weight is 218 g/mol. The molecule has 16 heavy (non-hydrogen) atoms. The Hall–Kier alpha value is -1.57. The summed E-state index contributed by atoms with van der Waals surface area (Å²) in [7, 11) is 1.40. The first kappa shape index (κ1) is 12.5. The van der Waals surface area contributed by atoms with Gasteiger partial charge >= 0.3 is 5.97 Å². The zero-order chi connectivity index (χ0) is 12.1. The summed E-state index contributed by atoms with van der Waals surface area (Å²) in [5.41, 5.74) is 4.92. The van der Waals surface area contributed by atoms with Crippen LogP contribution in [0.2, 0.25) is 0 Å². The number of aryl methyl sites for hydroxylation is 3. The fourth-order valence-electron chi connectivity index (χ4n) is 1.81. The van der Waals surface area contributed by atoms with Crippen molar-refractivity contribution in [3.8, 4) is 0 Å². The van der Waals surface area contributed by atoms with Gasteiger partial charge in [0.25, 0.3) is 0 Å². The van der Waals surface area contributed by atoms with Crippen molar-refractivity contribution >= 4 is 12.0 Å². The van der Waals surface area contributed by atoms with Gasteiger partial charge in [-0.3, -0.25) is 4.79 Å². The Morgan fingerprint density at radius 3 is 2.31 bits per heavy atom. The van der Waals surface area contributed by atoms with E-state index in [2.05, 4.69) is 37.6 Å². The van der Waals surface area contributed by atoms with Crippen LogP contribution in [0.3, 0.4) is 0 Å². The van der Waals surface area contributed by atoms with Crippen molar-refractivity contribution < 1.29 is 9.53 Å². The first-order chi connectivity index (χ1) is 7.54.